The highest BCUT2D eigenvalue weighted by Crippen LogP contribution is 2.08. The van der Waals surface area contributed by atoms with Crippen LogP contribution in [-0.4, -0.2) is 31.0 Å². The van der Waals surface area contributed by atoms with Gasteiger partial charge in [-0.25, -0.2) is 0 Å². The number of aromatic amines is 1. The zero-order valence-corrected chi connectivity index (χ0v) is 14.0. The molecule has 8 heteroatoms. The number of rotatable bonds is 6. The average molecular weight is 328 g/mol. The summed E-state index contributed by atoms with van der Waals surface area (Å²) in [4.78, 5) is 12.2. The van der Waals surface area contributed by atoms with Crippen LogP contribution in [0.3, 0.4) is 0 Å². The Morgan fingerprint density at radius 1 is 1.33 bits per heavy atom. The van der Waals surface area contributed by atoms with E-state index in [0.717, 1.165) is 29.2 Å². The number of aromatic nitrogens is 5. The summed E-state index contributed by atoms with van der Waals surface area (Å²) >= 11 is 0. The third-order valence-corrected chi connectivity index (χ3v) is 3.68. The van der Waals surface area contributed by atoms with Crippen LogP contribution in [0.25, 0.3) is 0 Å². The number of nitrogens with one attached hydrogen (secondary N) is 2. The number of hydrogen-bond acceptors (Lipinski definition) is 5. The van der Waals surface area contributed by atoms with Crippen LogP contribution in [0.15, 0.2) is 22.7 Å². The van der Waals surface area contributed by atoms with E-state index in [0.29, 0.717) is 18.0 Å². The second-order valence-corrected chi connectivity index (χ2v) is 5.68. The SMILES string of the molecule is CCc1cc(CNC(=O)c2cc(Cn3nc(C)cc3C)[nH]n2)on1. The minimum atomic E-state index is -0.264. The molecule has 3 rings (SSSR count). The fourth-order valence-corrected chi connectivity index (χ4v) is 2.42. The molecule has 3 heterocycles. The number of aryl methyl sites for hydroxylation is 3. The van der Waals surface area contributed by atoms with Crippen LogP contribution in [0, 0.1) is 13.8 Å². The zero-order valence-electron chi connectivity index (χ0n) is 14.0. The standard InChI is InChI=1S/C16H20N6O2/c1-4-12-6-14(24-21-12)8-17-16(23)15-7-13(18-19-15)9-22-11(3)5-10(2)20-22/h5-7H,4,8-9H2,1-3H3,(H,17,23)(H,18,19). The van der Waals surface area contributed by atoms with E-state index in [4.69, 9.17) is 4.52 Å². The van der Waals surface area contributed by atoms with Crippen molar-refractivity contribution in [3.8, 4) is 0 Å². The van der Waals surface area contributed by atoms with Crippen molar-refractivity contribution >= 4 is 5.91 Å². The molecule has 0 saturated carbocycles. The van der Waals surface area contributed by atoms with Gasteiger partial charge in [-0.2, -0.15) is 10.2 Å². The molecule has 24 heavy (non-hydrogen) atoms. The Kier molecular flexibility index (Phi) is 4.45. The van der Waals surface area contributed by atoms with E-state index in [-0.39, 0.29) is 12.5 Å². The Bertz CT molecular complexity index is 845. The van der Waals surface area contributed by atoms with Crippen LogP contribution in [-0.2, 0) is 19.5 Å². The van der Waals surface area contributed by atoms with Gasteiger partial charge < -0.3 is 9.84 Å². The third-order valence-electron chi connectivity index (χ3n) is 3.68. The van der Waals surface area contributed by atoms with E-state index >= 15 is 0 Å². The van der Waals surface area contributed by atoms with Gasteiger partial charge in [0, 0.05) is 11.8 Å². The highest BCUT2D eigenvalue weighted by molar-refractivity contribution is 5.92. The quantitative estimate of drug-likeness (QED) is 0.718. The molecule has 2 N–H and O–H groups in total. The van der Waals surface area contributed by atoms with E-state index in [1.807, 2.05) is 37.6 Å². The van der Waals surface area contributed by atoms with Crippen LogP contribution in [0.2, 0.25) is 0 Å². The maximum absolute atomic E-state index is 12.2. The molecular weight excluding hydrogens is 308 g/mol. The fraction of sp³-hybridized carbons (Fsp3) is 0.375. The van der Waals surface area contributed by atoms with Crippen molar-refractivity contribution in [2.24, 2.45) is 0 Å². The van der Waals surface area contributed by atoms with Crippen molar-refractivity contribution in [3.63, 3.8) is 0 Å². The molecule has 1 amide bonds. The molecule has 8 nitrogen and oxygen atoms in total. The summed E-state index contributed by atoms with van der Waals surface area (Å²) in [5.74, 6) is 0.360. The maximum Gasteiger partial charge on any atom is 0.272 e. The van der Waals surface area contributed by atoms with Gasteiger partial charge in [-0.1, -0.05) is 12.1 Å². The van der Waals surface area contributed by atoms with Crippen molar-refractivity contribution in [1.29, 1.82) is 0 Å². The minimum Gasteiger partial charge on any atom is -0.359 e. The molecule has 0 radical (unpaired) electrons. The lowest BCUT2D eigenvalue weighted by Gasteiger charge is -2.01. The molecule has 0 unspecified atom stereocenters. The van der Waals surface area contributed by atoms with Gasteiger partial charge in [0.15, 0.2) is 5.76 Å². The number of amides is 1. The fourth-order valence-electron chi connectivity index (χ4n) is 2.42. The molecule has 0 fully saturated rings. The van der Waals surface area contributed by atoms with Gasteiger partial charge in [0.25, 0.3) is 5.91 Å². The second kappa shape index (κ2) is 6.69. The zero-order chi connectivity index (χ0) is 17.1. The second-order valence-electron chi connectivity index (χ2n) is 5.68. The molecule has 0 spiro atoms. The third kappa shape index (κ3) is 3.53. The lowest BCUT2D eigenvalue weighted by Crippen LogP contribution is -2.22. The lowest BCUT2D eigenvalue weighted by atomic mass is 10.3. The monoisotopic (exact) mass is 328 g/mol. The molecule has 0 aliphatic heterocycles. The van der Waals surface area contributed by atoms with E-state index in [9.17, 15) is 4.79 Å². The van der Waals surface area contributed by atoms with Gasteiger partial charge in [-0.3, -0.25) is 14.6 Å². The molecule has 0 saturated heterocycles. The van der Waals surface area contributed by atoms with E-state index in [2.05, 4.69) is 25.8 Å². The van der Waals surface area contributed by atoms with Crippen LogP contribution >= 0.6 is 0 Å². The number of carbonyl (C=O) groups excluding carboxylic acids is 1. The van der Waals surface area contributed by atoms with Crippen molar-refractivity contribution < 1.29 is 9.32 Å². The van der Waals surface area contributed by atoms with Crippen LogP contribution in [0.1, 0.15) is 45.9 Å². The first-order valence-corrected chi connectivity index (χ1v) is 7.83. The van der Waals surface area contributed by atoms with Gasteiger partial charge in [-0.05, 0) is 32.4 Å². The van der Waals surface area contributed by atoms with Crippen molar-refractivity contribution in [3.05, 3.63) is 52.4 Å². The van der Waals surface area contributed by atoms with Crippen LogP contribution < -0.4 is 5.32 Å². The Labute approximate surface area is 139 Å². The van der Waals surface area contributed by atoms with Gasteiger partial charge >= 0.3 is 0 Å². The molecular formula is C16H20N6O2. The summed E-state index contributed by atoms with van der Waals surface area (Å²) < 4.78 is 7.00. The first-order valence-electron chi connectivity index (χ1n) is 7.83. The molecule has 0 bridgehead atoms. The van der Waals surface area contributed by atoms with E-state index < -0.39 is 0 Å². The topological polar surface area (TPSA) is 102 Å². The molecule has 3 aromatic heterocycles. The average Bonchev–Trinajstić information content (AvgIpc) is 3.26. The van der Waals surface area contributed by atoms with Gasteiger partial charge in [0.1, 0.15) is 5.69 Å². The predicted molar refractivity (Wildman–Crippen MR) is 86.4 cm³/mol. The number of carbonyl (C=O) groups is 1. The van der Waals surface area contributed by atoms with Crippen molar-refractivity contribution in [2.45, 2.75) is 40.3 Å². The van der Waals surface area contributed by atoms with Gasteiger partial charge in [0.05, 0.1) is 30.2 Å². The number of H-pyrrole nitrogens is 1. The minimum absolute atomic E-state index is 0.264. The first kappa shape index (κ1) is 16.0. The smallest absolute Gasteiger partial charge is 0.272 e. The summed E-state index contributed by atoms with van der Waals surface area (Å²) in [5, 5.41) is 18.0. The maximum atomic E-state index is 12.2. The van der Waals surface area contributed by atoms with Crippen molar-refractivity contribution in [2.75, 3.05) is 0 Å². The predicted octanol–water partition coefficient (Wildman–Crippen LogP) is 1.75. The molecule has 3 aromatic rings. The largest absolute Gasteiger partial charge is 0.359 e. The number of nitrogens with zero attached hydrogens (tertiary/aromatic N) is 4. The normalized spacial score (nSPS) is 11.0. The Hall–Kier alpha value is -2.90. The van der Waals surface area contributed by atoms with Crippen LogP contribution in [0.4, 0.5) is 0 Å². The highest BCUT2D eigenvalue weighted by Gasteiger charge is 2.12. The molecule has 0 aromatic carbocycles. The Morgan fingerprint density at radius 3 is 2.83 bits per heavy atom. The van der Waals surface area contributed by atoms with Gasteiger partial charge in [-0.15, -0.1) is 0 Å². The highest BCUT2D eigenvalue weighted by atomic mass is 16.5. The summed E-state index contributed by atoms with van der Waals surface area (Å²) in [6.45, 7) is 6.76. The Balaban J connectivity index is 1.60. The molecule has 0 aliphatic rings. The number of hydrogen-bond donors (Lipinski definition) is 2. The lowest BCUT2D eigenvalue weighted by molar-refractivity contribution is 0.0942. The first-order chi connectivity index (χ1) is 11.5. The van der Waals surface area contributed by atoms with E-state index in [1.54, 1.807) is 6.07 Å². The molecule has 0 aliphatic carbocycles. The van der Waals surface area contributed by atoms with E-state index in [1.165, 1.54) is 0 Å². The van der Waals surface area contributed by atoms with Gasteiger partial charge in [0.2, 0.25) is 0 Å². The Morgan fingerprint density at radius 2 is 2.17 bits per heavy atom. The van der Waals surface area contributed by atoms with Crippen LogP contribution in [0.5, 0.6) is 0 Å². The summed E-state index contributed by atoms with van der Waals surface area (Å²) in [6.07, 6.45) is 0.798. The summed E-state index contributed by atoms with van der Waals surface area (Å²) in [7, 11) is 0. The summed E-state index contributed by atoms with van der Waals surface area (Å²) in [6, 6.07) is 5.56. The molecule has 0 atom stereocenters. The summed E-state index contributed by atoms with van der Waals surface area (Å²) in [5.41, 5.74) is 4.04. The van der Waals surface area contributed by atoms with Crippen molar-refractivity contribution in [1.82, 2.24) is 30.5 Å². The molecule has 126 valence electrons.